The molecule has 0 saturated carbocycles. The number of carbonyl (C=O) groups is 1. The van der Waals surface area contributed by atoms with Gasteiger partial charge in [-0.2, -0.15) is 0 Å². The molecule has 0 aliphatic carbocycles. The SMILES string of the molecule is CCCCCCCCN(CCCCCCCC)C[C@H]1O[C@@H](c2ccc(-c3ccccc3CNC(=O)c3c(F)c(F)c(F)c(F)c3F)cc2)O[C@@H](c2ccc(CO)cc2)[C@H]1C. The van der Waals surface area contributed by atoms with Gasteiger partial charge in [-0.25, -0.2) is 22.0 Å². The first-order valence-electron chi connectivity index (χ1n) is 21.8. The van der Waals surface area contributed by atoms with Gasteiger partial charge in [-0.05, 0) is 53.7 Å². The molecule has 0 spiro atoms. The van der Waals surface area contributed by atoms with Gasteiger partial charge in [0.15, 0.2) is 29.6 Å². The predicted molar refractivity (Wildman–Crippen MR) is 225 cm³/mol. The van der Waals surface area contributed by atoms with Crippen LogP contribution in [0.2, 0.25) is 0 Å². The normalized spacial score (nSPS) is 18.0. The van der Waals surface area contributed by atoms with Crippen LogP contribution in [0.1, 0.15) is 143 Å². The number of carbonyl (C=O) groups excluding carboxylic acids is 1. The summed E-state index contributed by atoms with van der Waals surface area (Å²) in [5, 5.41) is 12.0. The molecule has 1 amide bonds. The zero-order valence-electron chi connectivity index (χ0n) is 35.3. The van der Waals surface area contributed by atoms with Crippen LogP contribution in [0.15, 0.2) is 72.8 Å². The summed E-state index contributed by atoms with van der Waals surface area (Å²) in [6, 6.07) is 22.6. The summed E-state index contributed by atoms with van der Waals surface area (Å²) in [6.07, 6.45) is 13.7. The lowest BCUT2D eigenvalue weighted by Crippen LogP contribution is -2.45. The molecule has 4 aromatic carbocycles. The van der Waals surface area contributed by atoms with Crippen molar-refractivity contribution in [2.24, 2.45) is 5.92 Å². The summed E-state index contributed by atoms with van der Waals surface area (Å²) in [4.78, 5) is 15.3. The van der Waals surface area contributed by atoms with E-state index in [9.17, 15) is 31.9 Å². The minimum Gasteiger partial charge on any atom is -0.392 e. The second kappa shape index (κ2) is 23.7. The third-order valence-corrected chi connectivity index (χ3v) is 11.6. The maximum absolute atomic E-state index is 14.4. The first-order valence-corrected chi connectivity index (χ1v) is 21.8. The smallest absolute Gasteiger partial charge is 0.257 e. The van der Waals surface area contributed by atoms with Crippen LogP contribution < -0.4 is 5.32 Å². The molecule has 0 radical (unpaired) electrons. The number of hydrogen-bond acceptors (Lipinski definition) is 5. The van der Waals surface area contributed by atoms with E-state index in [1.165, 1.54) is 64.2 Å². The number of nitrogens with zero attached hydrogens (tertiary/aromatic N) is 1. The van der Waals surface area contributed by atoms with Gasteiger partial charge in [-0.1, -0.05) is 158 Å². The molecule has 5 rings (SSSR count). The molecule has 1 fully saturated rings. The third-order valence-electron chi connectivity index (χ3n) is 11.6. The fourth-order valence-electron chi connectivity index (χ4n) is 7.95. The molecule has 0 aromatic heterocycles. The van der Waals surface area contributed by atoms with Crippen molar-refractivity contribution in [1.82, 2.24) is 10.2 Å². The second-order valence-electron chi connectivity index (χ2n) is 16.1. The predicted octanol–water partition coefficient (Wildman–Crippen LogP) is 12.3. The van der Waals surface area contributed by atoms with Crippen LogP contribution in [0.25, 0.3) is 11.1 Å². The molecule has 11 heteroatoms. The minimum absolute atomic E-state index is 0.0315. The standard InChI is InChI=1S/C49H61F5N2O4/c1-4-6-8-10-12-16-28-56(29-17-13-11-9-7-5-2)31-40-33(3)47(36-22-20-34(32-57)21-23-36)60-49(59-40)37-26-24-35(25-27-37)39-19-15-14-18-38(39)30-55-48(58)41-42(50)44(52)46(54)45(53)43(41)51/h14-15,18-27,33,40,47,49,57H,4-13,16-17,28-32H2,1-3H3,(H,55,58)/t33-,40+,47+,49+/m0/s1. The number of unbranched alkanes of at least 4 members (excludes halogenated alkanes) is 10. The molecule has 4 atom stereocenters. The highest BCUT2D eigenvalue weighted by Gasteiger charge is 2.39. The van der Waals surface area contributed by atoms with E-state index in [2.05, 4.69) is 31.0 Å². The Bertz CT molecular complexity index is 1900. The number of ether oxygens (including phenoxy) is 2. The summed E-state index contributed by atoms with van der Waals surface area (Å²) in [5.74, 6) is -12.5. The zero-order valence-corrected chi connectivity index (χ0v) is 35.3. The number of benzene rings is 4. The van der Waals surface area contributed by atoms with Crippen molar-refractivity contribution < 1.29 is 41.3 Å². The van der Waals surface area contributed by atoms with Crippen molar-refractivity contribution >= 4 is 5.91 Å². The molecule has 1 aliphatic heterocycles. The van der Waals surface area contributed by atoms with Crippen LogP contribution in [0.4, 0.5) is 22.0 Å². The fourth-order valence-corrected chi connectivity index (χ4v) is 7.95. The van der Waals surface area contributed by atoms with E-state index in [1.807, 2.05) is 54.6 Å². The van der Waals surface area contributed by atoms with Gasteiger partial charge < -0.3 is 24.8 Å². The Balaban J connectivity index is 1.34. The Morgan fingerprint density at radius 3 is 1.78 bits per heavy atom. The summed E-state index contributed by atoms with van der Waals surface area (Å²) in [7, 11) is 0. The van der Waals surface area contributed by atoms with E-state index in [4.69, 9.17) is 9.47 Å². The lowest BCUT2D eigenvalue weighted by atomic mass is 9.89. The number of aliphatic hydroxyl groups excluding tert-OH is 1. The Morgan fingerprint density at radius 2 is 1.20 bits per heavy atom. The van der Waals surface area contributed by atoms with Crippen LogP contribution in [-0.4, -0.2) is 41.7 Å². The Morgan fingerprint density at radius 1 is 0.667 bits per heavy atom. The Labute approximate surface area is 352 Å². The molecule has 1 aliphatic rings. The molecular formula is C49H61F5N2O4. The lowest BCUT2D eigenvalue weighted by molar-refractivity contribution is -0.276. The van der Waals surface area contributed by atoms with Crippen LogP contribution in [0, 0.1) is 35.0 Å². The van der Waals surface area contributed by atoms with Crippen molar-refractivity contribution in [2.45, 2.75) is 129 Å². The van der Waals surface area contributed by atoms with Crippen molar-refractivity contribution in [1.29, 1.82) is 0 Å². The molecule has 4 aromatic rings. The minimum atomic E-state index is -2.33. The molecule has 326 valence electrons. The third kappa shape index (κ3) is 12.5. The first-order chi connectivity index (χ1) is 29.1. The van der Waals surface area contributed by atoms with E-state index in [-0.39, 0.29) is 31.3 Å². The number of rotatable bonds is 23. The van der Waals surface area contributed by atoms with Crippen molar-refractivity contribution in [3.8, 4) is 11.1 Å². The number of nitrogens with one attached hydrogen (secondary N) is 1. The van der Waals surface area contributed by atoms with Crippen LogP contribution in [0.3, 0.4) is 0 Å². The number of amides is 1. The number of aliphatic hydroxyl groups is 1. The van der Waals surface area contributed by atoms with Gasteiger partial charge in [-0.3, -0.25) is 4.79 Å². The van der Waals surface area contributed by atoms with Gasteiger partial charge in [0.05, 0.1) is 18.8 Å². The average molecular weight is 837 g/mol. The number of hydrogen-bond donors (Lipinski definition) is 2. The molecular weight excluding hydrogens is 776 g/mol. The quantitative estimate of drug-likeness (QED) is 0.0337. The molecule has 6 nitrogen and oxygen atoms in total. The van der Waals surface area contributed by atoms with Gasteiger partial charge in [0.1, 0.15) is 5.56 Å². The molecule has 1 saturated heterocycles. The molecule has 0 unspecified atom stereocenters. The second-order valence-corrected chi connectivity index (χ2v) is 16.1. The topological polar surface area (TPSA) is 71.0 Å². The van der Waals surface area contributed by atoms with Gasteiger partial charge >= 0.3 is 0 Å². The maximum atomic E-state index is 14.4. The Hall–Kier alpha value is -4.16. The monoisotopic (exact) mass is 836 g/mol. The molecule has 60 heavy (non-hydrogen) atoms. The molecule has 1 heterocycles. The highest BCUT2D eigenvalue weighted by molar-refractivity contribution is 5.95. The summed E-state index contributed by atoms with van der Waals surface area (Å²) in [6.45, 7) is 9.19. The fraction of sp³-hybridized carbons (Fsp3) is 0.490. The molecule has 2 N–H and O–H groups in total. The van der Waals surface area contributed by atoms with Gasteiger partial charge in [0.2, 0.25) is 5.82 Å². The van der Waals surface area contributed by atoms with E-state index in [0.29, 0.717) is 11.1 Å². The Kier molecular flexibility index (Phi) is 18.6. The maximum Gasteiger partial charge on any atom is 0.257 e. The summed E-state index contributed by atoms with van der Waals surface area (Å²) >= 11 is 0. The van der Waals surface area contributed by atoms with E-state index in [1.54, 1.807) is 18.2 Å². The van der Waals surface area contributed by atoms with Crippen LogP contribution in [-0.2, 0) is 22.6 Å². The van der Waals surface area contributed by atoms with Crippen LogP contribution >= 0.6 is 0 Å². The van der Waals surface area contributed by atoms with Gasteiger partial charge in [0, 0.05) is 24.6 Å². The lowest BCUT2D eigenvalue weighted by Gasteiger charge is -2.43. The highest BCUT2D eigenvalue weighted by atomic mass is 19.2. The highest BCUT2D eigenvalue weighted by Crippen LogP contribution is 2.42. The van der Waals surface area contributed by atoms with E-state index < -0.39 is 46.8 Å². The average Bonchev–Trinajstić information content (AvgIpc) is 3.27. The summed E-state index contributed by atoms with van der Waals surface area (Å²) < 4.78 is 83.6. The van der Waals surface area contributed by atoms with Crippen molar-refractivity contribution in [2.75, 3.05) is 19.6 Å². The van der Waals surface area contributed by atoms with Gasteiger partial charge in [0.25, 0.3) is 5.91 Å². The van der Waals surface area contributed by atoms with Crippen molar-refractivity contribution in [3.63, 3.8) is 0 Å². The summed E-state index contributed by atoms with van der Waals surface area (Å²) in [5.41, 5.74) is 3.12. The van der Waals surface area contributed by atoms with E-state index >= 15 is 0 Å². The number of halogens is 5. The van der Waals surface area contributed by atoms with Gasteiger partial charge in [-0.15, -0.1) is 0 Å². The van der Waals surface area contributed by atoms with Crippen molar-refractivity contribution in [3.05, 3.63) is 130 Å². The zero-order chi connectivity index (χ0) is 43.0. The van der Waals surface area contributed by atoms with Crippen LogP contribution in [0.5, 0.6) is 0 Å². The van der Waals surface area contributed by atoms with E-state index in [0.717, 1.165) is 54.7 Å². The molecule has 0 bridgehead atoms. The first kappa shape index (κ1) is 46.9. The largest absolute Gasteiger partial charge is 0.392 e.